The van der Waals surface area contributed by atoms with Crippen molar-refractivity contribution in [2.45, 2.75) is 51.6 Å². The summed E-state index contributed by atoms with van der Waals surface area (Å²) < 4.78 is 26.7. The molecule has 1 atom stereocenters. The molecule has 0 aromatic heterocycles. The standard InChI is InChI=1S/C15H26N2O2S/c1-6-13-7-8-15(9-14(13)10-16)20(18,19)17(5)12(4)11(2)3/h7-9,11-12H,6,10,16H2,1-5H3. The monoisotopic (exact) mass is 298 g/mol. The lowest BCUT2D eigenvalue weighted by Crippen LogP contribution is -2.38. The Labute approximate surface area is 123 Å². The van der Waals surface area contributed by atoms with Gasteiger partial charge in [0.15, 0.2) is 0 Å². The van der Waals surface area contributed by atoms with Crippen molar-refractivity contribution in [2.75, 3.05) is 7.05 Å². The second-order valence-electron chi connectivity index (χ2n) is 5.49. The van der Waals surface area contributed by atoms with E-state index in [1.54, 1.807) is 19.2 Å². The maximum absolute atomic E-state index is 12.6. The molecule has 4 nitrogen and oxygen atoms in total. The number of aryl methyl sites for hydroxylation is 1. The smallest absolute Gasteiger partial charge is 0.243 e. The van der Waals surface area contributed by atoms with Gasteiger partial charge in [0.25, 0.3) is 0 Å². The predicted molar refractivity (Wildman–Crippen MR) is 83.0 cm³/mol. The minimum atomic E-state index is -3.46. The summed E-state index contributed by atoms with van der Waals surface area (Å²) in [6.45, 7) is 8.35. The van der Waals surface area contributed by atoms with E-state index in [4.69, 9.17) is 5.73 Å². The molecule has 0 radical (unpaired) electrons. The van der Waals surface area contributed by atoms with Gasteiger partial charge in [0.1, 0.15) is 0 Å². The van der Waals surface area contributed by atoms with Gasteiger partial charge in [-0.25, -0.2) is 8.42 Å². The van der Waals surface area contributed by atoms with Crippen LogP contribution in [0.25, 0.3) is 0 Å². The Bertz CT molecular complexity index is 553. The summed E-state index contributed by atoms with van der Waals surface area (Å²) in [4.78, 5) is 0.324. The molecule has 0 saturated carbocycles. The Balaban J connectivity index is 3.22. The zero-order valence-corrected chi connectivity index (χ0v) is 13.9. The number of hydrogen-bond donors (Lipinski definition) is 1. The molecule has 20 heavy (non-hydrogen) atoms. The van der Waals surface area contributed by atoms with Gasteiger partial charge in [-0.05, 0) is 42.5 Å². The van der Waals surface area contributed by atoms with Gasteiger partial charge >= 0.3 is 0 Å². The lowest BCUT2D eigenvalue weighted by atomic mass is 10.1. The van der Waals surface area contributed by atoms with Crippen LogP contribution in [0, 0.1) is 5.92 Å². The summed E-state index contributed by atoms with van der Waals surface area (Å²) in [5, 5.41) is 0. The van der Waals surface area contributed by atoms with Gasteiger partial charge in [-0.2, -0.15) is 4.31 Å². The normalized spacial score (nSPS) is 14.0. The van der Waals surface area contributed by atoms with Crippen LogP contribution in [0.2, 0.25) is 0 Å². The van der Waals surface area contributed by atoms with E-state index in [2.05, 4.69) is 0 Å². The lowest BCUT2D eigenvalue weighted by molar-refractivity contribution is 0.316. The second kappa shape index (κ2) is 6.70. The first-order chi connectivity index (χ1) is 9.25. The van der Waals surface area contributed by atoms with Crippen LogP contribution >= 0.6 is 0 Å². The van der Waals surface area contributed by atoms with Crippen molar-refractivity contribution >= 4 is 10.0 Å². The molecule has 0 aliphatic carbocycles. The predicted octanol–water partition coefficient (Wildman–Crippen LogP) is 2.37. The third-order valence-electron chi connectivity index (χ3n) is 3.99. The van der Waals surface area contributed by atoms with Crippen molar-refractivity contribution < 1.29 is 8.42 Å². The van der Waals surface area contributed by atoms with Crippen LogP contribution in [0.3, 0.4) is 0 Å². The van der Waals surface area contributed by atoms with Crippen LogP contribution < -0.4 is 5.73 Å². The zero-order valence-electron chi connectivity index (χ0n) is 13.1. The molecule has 0 saturated heterocycles. The van der Waals surface area contributed by atoms with Crippen molar-refractivity contribution in [3.05, 3.63) is 29.3 Å². The number of nitrogens with zero attached hydrogens (tertiary/aromatic N) is 1. The topological polar surface area (TPSA) is 63.4 Å². The highest BCUT2D eigenvalue weighted by atomic mass is 32.2. The molecule has 0 bridgehead atoms. The Hall–Kier alpha value is -0.910. The molecule has 0 fully saturated rings. The molecule has 1 aromatic carbocycles. The van der Waals surface area contributed by atoms with E-state index in [-0.39, 0.29) is 12.0 Å². The fourth-order valence-corrected chi connectivity index (χ4v) is 3.65. The van der Waals surface area contributed by atoms with Crippen LogP contribution in [0.15, 0.2) is 23.1 Å². The number of hydrogen-bond acceptors (Lipinski definition) is 3. The van der Waals surface area contributed by atoms with Gasteiger partial charge in [-0.1, -0.05) is 26.8 Å². The van der Waals surface area contributed by atoms with E-state index in [0.717, 1.165) is 17.5 Å². The molecule has 0 spiro atoms. The first-order valence-electron chi connectivity index (χ1n) is 7.05. The highest BCUT2D eigenvalue weighted by Gasteiger charge is 2.27. The van der Waals surface area contributed by atoms with E-state index >= 15 is 0 Å². The van der Waals surface area contributed by atoms with Gasteiger partial charge in [0.05, 0.1) is 4.90 Å². The Morgan fingerprint density at radius 2 is 1.80 bits per heavy atom. The van der Waals surface area contributed by atoms with Crippen molar-refractivity contribution in [3.63, 3.8) is 0 Å². The van der Waals surface area contributed by atoms with E-state index in [9.17, 15) is 8.42 Å². The highest BCUT2D eigenvalue weighted by Crippen LogP contribution is 2.22. The number of benzene rings is 1. The van der Waals surface area contributed by atoms with Crippen LogP contribution in [-0.4, -0.2) is 25.8 Å². The molecular formula is C15H26N2O2S. The van der Waals surface area contributed by atoms with Crippen LogP contribution in [-0.2, 0) is 23.0 Å². The zero-order chi connectivity index (χ0) is 15.5. The van der Waals surface area contributed by atoms with Crippen LogP contribution in [0.5, 0.6) is 0 Å². The Morgan fingerprint density at radius 3 is 2.25 bits per heavy atom. The van der Waals surface area contributed by atoms with Crippen LogP contribution in [0.4, 0.5) is 0 Å². The lowest BCUT2D eigenvalue weighted by Gasteiger charge is -2.27. The molecule has 0 heterocycles. The Kier molecular flexibility index (Phi) is 5.74. The summed E-state index contributed by atoms with van der Waals surface area (Å²) in [6.07, 6.45) is 0.852. The number of nitrogens with two attached hydrogens (primary N) is 1. The fourth-order valence-electron chi connectivity index (χ4n) is 2.10. The average molecular weight is 298 g/mol. The summed E-state index contributed by atoms with van der Waals surface area (Å²) in [5.74, 6) is 0.263. The molecule has 1 unspecified atom stereocenters. The minimum absolute atomic E-state index is 0.0489. The van der Waals surface area contributed by atoms with Gasteiger partial charge in [-0.3, -0.25) is 0 Å². The first kappa shape index (κ1) is 17.1. The van der Waals surface area contributed by atoms with Crippen LogP contribution in [0.1, 0.15) is 38.8 Å². The quantitative estimate of drug-likeness (QED) is 0.877. The minimum Gasteiger partial charge on any atom is -0.326 e. The Morgan fingerprint density at radius 1 is 1.20 bits per heavy atom. The summed E-state index contributed by atoms with van der Waals surface area (Å²) in [6, 6.07) is 5.20. The van der Waals surface area contributed by atoms with Gasteiger partial charge in [0, 0.05) is 19.6 Å². The molecule has 5 heteroatoms. The summed E-state index contributed by atoms with van der Waals surface area (Å²) >= 11 is 0. The fraction of sp³-hybridized carbons (Fsp3) is 0.600. The van der Waals surface area contributed by atoms with Gasteiger partial charge in [-0.15, -0.1) is 0 Å². The van der Waals surface area contributed by atoms with Gasteiger partial charge < -0.3 is 5.73 Å². The van der Waals surface area contributed by atoms with E-state index in [1.165, 1.54) is 4.31 Å². The van der Waals surface area contributed by atoms with Crippen molar-refractivity contribution in [2.24, 2.45) is 11.7 Å². The largest absolute Gasteiger partial charge is 0.326 e. The average Bonchev–Trinajstić information content (AvgIpc) is 2.44. The summed E-state index contributed by atoms with van der Waals surface area (Å²) in [7, 11) is -1.83. The highest BCUT2D eigenvalue weighted by molar-refractivity contribution is 7.89. The van der Waals surface area contributed by atoms with E-state index < -0.39 is 10.0 Å². The van der Waals surface area contributed by atoms with Gasteiger partial charge in [0.2, 0.25) is 10.0 Å². The maximum Gasteiger partial charge on any atom is 0.243 e. The first-order valence-corrected chi connectivity index (χ1v) is 8.49. The molecule has 0 aliphatic heterocycles. The molecule has 114 valence electrons. The molecular weight excluding hydrogens is 272 g/mol. The number of rotatable bonds is 6. The number of sulfonamides is 1. The summed E-state index contributed by atoms with van der Waals surface area (Å²) in [5.41, 5.74) is 7.72. The van der Waals surface area contributed by atoms with E-state index in [0.29, 0.717) is 11.4 Å². The third kappa shape index (κ3) is 3.40. The van der Waals surface area contributed by atoms with Crippen molar-refractivity contribution in [1.29, 1.82) is 0 Å². The third-order valence-corrected chi connectivity index (χ3v) is 5.93. The van der Waals surface area contributed by atoms with Crippen molar-refractivity contribution in [3.8, 4) is 0 Å². The molecule has 2 N–H and O–H groups in total. The molecule has 0 amide bonds. The second-order valence-corrected chi connectivity index (χ2v) is 7.49. The van der Waals surface area contributed by atoms with Crippen molar-refractivity contribution in [1.82, 2.24) is 4.31 Å². The van der Waals surface area contributed by atoms with E-state index in [1.807, 2.05) is 33.8 Å². The SMILES string of the molecule is CCc1ccc(S(=O)(=O)N(C)C(C)C(C)C)cc1CN. The molecule has 0 aliphatic rings. The molecule has 1 rings (SSSR count). The maximum atomic E-state index is 12.6. The molecule has 1 aromatic rings.